The minimum Gasteiger partial charge on any atom is -0.479 e. The van der Waals surface area contributed by atoms with Gasteiger partial charge in [-0.1, -0.05) is 24.9 Å². The number of aromatic nitrogens is 6. The van der Waals surface area contributed by atoms with E-state index >= 15 is 0 Å². The first kappa shape index (κ1) is 24.1. The van der Waals surface area contributed by atoms with Gasteiger partial charge in [0.25, 0.3) is 0 Å². The minimum absolute atomic E-state index is 0.0106. The molecule has 13 heteroatoms. The smallest absolute Gasteiger partial charge is 0.245 e. The van der Waals surface area contributed by atoms with E-state index in [0.29, 0.717) is 22.2 Å². The molecule has 1 aliphatic rings. The fourth-order valence-electron chi connectivity index (χ4n) is 3.74. The van der Waals surface area contributed by atoms with Crippen molar-refractivity contribution < 1.29 is 17.9 Å². The highest BCUT2D eigenvalue weighted by Crippen LogP contribution is 2.40. The Hall–Kier alpha value is -2.99. The van der Waals surface area contributed by atoms with Gasteiger partial charge in [0.1, 0.15) is 12.2 Å². The van der Waals surface area contributed by atoms with Gasteiger partial charge in [0.05, 0.1) is 24.5 Å². The Balaban J connectivity index is 1.74. The molecule has 182 valence electrons. The van der Waals surface area contributed by atoms with E-state index in [1.807, 2.05) is 0 Å². The summed E-state index contributed by atoms with van der Waals surface area (Å²) in [5.74, 6) is 0.724. The number of methoxy groups -OCH3 is 2. The number of anilines is 1. The zero-order valence-electron chi connectivity index (χ0n) is 19.3. The molecule has 4 rings (SSSR count). The molecule has 0 saturated heterocycles. The van der Waals surface area contributed by atoms with Gasteiger partial charge in [0, 0.05) is 23.7 Å². The van der Waals surface area contributed by atoms with Gasteiger partial charge in [-0.05, 0) is 31.9 Å². The predicted octanol–water partition coefficient (Wildman–Crippen LogP) is 3.32. The van der Waals surface area contributed by atoms with Crippen LogP contribution in [-0.4, -0.2) is 57.6 Å². The molecule has 2 unspecified atom stereocenters. The molecule has 0 bridgehead atoms. The van der Waals surface area contributed by atoms with Crippen LogP contribution in [0.1, 0.15) is 56.5 Å². The SMILES string of the molecule is COc1ncnc(OC)c1-n1c(NS(=O)(=O)C(C)C(C)c2ccc(Cl)cn2)nnc1C1CCC1. The van der Waals surface area contributed by atoms with E-state index in [4.69, 9.17) is 21.1 Å². The molecule has 0 aromatic carbocycles. The lowest BCUT2D eigenvalue weighted by Gasteiger charge is -2.26. The molecule has 1 N–H and O–H groups in total. The fraction of sp³-hybridized carbons (Fsp3) is 0.476. The summed E-state index contributed by atoms with van der Waals surface area (Å²) >= 11 is 5.92. The van der Waals surface area contributed by atoms with Crippen molar-refractivity contribution in [3.8, 4) is 17.4 Å². The van der Waals surface area contributed by atoms with Crippen LogP contribution in [0.15, 0.2) is 24.7 Å². The Bertz CT molecular complexity index is 1240. The van der Waals surface area contributed by atoms with Crippen LogP contribution in [0, 0.1) is 0 Å². The maximum atomic E-state index is 13.4. The third kappa shape index (κ3) is 4.51. The van der Waals surface area contributed by atoms with Gasteiger partial charge in [0.2, 0.25) is 27.7 Å². The minimum atomic E-state index is -3.91. The van der Waals surface area contributed by atoms with Crippen molar-refractivity contribution in [1.82, 2.24) is 29.7 Å². The Morgan fingerprint density at radius 1 is 1.09 bits per heavy atom. The first-order chi connectivity index (χ1) is 16.3. The lowest BCUT2D eigenvalue weighted by atomic mass is 9.85. The summed E-state index contributed by atoms with van der Waals surface area (Å²) in [6, 6.07) is 3.40. The number of sulfonamides is 1. The molecule has 1 saturated carbocycles. The van der Waals surface area contributed by atoms with Crippen LogP contribution in [0.25, 0.3) is 5.69 Å². The summed E-state index contributed by atoms with van der Waals surface area (Å²) in [6.07, 6.45) is 5.69. The highest BCUT2D eigenvalue weighted by atomic mass is 35.5. The Morgan fingerprint density at radius 2 is 1.76 bits per heavy atom. The number of hydrogen-bond acceptors (Lipinski definition) is 9. The van der Waals surface area contributed by atoms with Crippen LogP contribution < -0.4 is 14.2 Å². The number of pyridine rings is 1. The monoisotopic (exact) mass is 507 g/mol. The molecule has 0 aliphatic heterocycles. The van der Waals surface area contributed by atoms with Crippen LogP contribution in [0.4, 0.5) is 5.95 Å². The first-order valence-electron chi connectivity index (χ1n) is 10.8. The highest BCUT2D eigenvalue weighted by Gasteiger charge is 2.34. The molecule has 3 aromatic rings. The molecule has 34 heavy (non-hydrogen) atoms. The Labute approximate surface area is 203 Å². The average molecular weight is 508 g/mol. The second kappa shape index (κ2) is 9.71. The summed E-state index contributed by atoms with van der Waals surface area (Å²) in [7, 11) is -0.983. The van der Waals surface area contributed by atoms with E-state index < -0.39 is 21.2 Å². The summed E-state index contributed by atoms with van der Waals surface area (Å²) < 4.78 is 41.9. The average Bonchev–Trinajstić information content (AvgIpc) is 3.18. The molecule has 0 amide bonds. The van der Waals surface area contributed by atoms with E-state index in [-0.39, 0.29) is 23.6 Å². The van der Waals surface area contributed by atoms with Crippen molar-refractivity contribution in [2.75, 3.05) is 18.9 Å². The number of hydrogen-bond donors (Lipinski definition) is 1. The zero-order chi connectivity index (χ0) is 24.5. The van der Waals surface area contributed by atoms with E-state index in [0.717, 1.165) is 19.3 Å². The molecule has 2 atom stereocenters. The highest BCUT2D eigenvalue weighted by molar-refractivity contribution is 7.93. The van der Waals surface area contributed by atoms with Gasteiger partial charge in [-0.15, -0.1) is 10.2 Å². The predicted molar refractivity (Wildman–Crippen MR) is 126 cm³/mol. The van der Waals surface area contributed by atoms with E-state index in [9.17, 15) is 8.42 Å². The van der Waals surface area contributed by atoms with E-state index in [2.05, 4.69) is 29.9 Å². The second-order valence-electron chi connectivity index (χ2n) is 8.13. The van der Waals surface area contributed by atoms with Crippen molar-refractivity contribution in [2.45, 2.75) is 50.2 Å². The van der Waals surface area contributed by atoms with Gasteiger partial charge in [-0.2, -0.15) is 9.97 Å². The van der Waals surface area contributed by atoms with Crippen LogP contribution in [0.3, 0.4) is 0 Å². The molecular weight excluding hydrogens is 482 g/mol. The molecule has 0 radical (unpaired) electrons. The van der Waals surface area contributed by atoms with Gasteiger partial charge in [-0.3, -0.25) is 14.3 Å². The number of nitrogens with zero attached hydrogens (tertiary/aromatic N) is 6. The van der Waals surface area contributed by atoms with E-state index in [1.54, 1.807) is 30.5 Å². The second-order valence-corrected chi connectivity index (χ2v) is 10.6. The van der Waals surface area contributed by atoms with Crippen molar-refractivity contribution in [3.05, 3.63) is 41.2 Å². The number of halogens is 1. The van der Waals surface area contributed by atoms with Gasteiger partial charge in [0.15, 0.2) is 5.69 Å². The third-order valence-electron chi connectivity index (χ3n) is 6.17. The molecule has 0 spiro atoms. The standard InChI is InChI=1S/C21H26ClN7O4S/c1-12(16-9-8-15(22)10-23-16)13(2)34(30,31)28-21-27-26-18(14-6-5-7-14)29(21)17-19(32-3)24-11-25-20(17)33-4/h8-14H,5-7H2,1-4H3,(H,27,28). The lowest BCUT2D eigenvalue weighted by Crippen LogP contribution is -2.31. The van der Waals surface area contributed by atoms with E-state index in [1.165, 1.54) is 26.7 Å². The number of ether oxygens (including phenoxy) is 2. The fourth-order valence-corrected chi connectivity index (χ4v) is 5.10. The molecule has 3 heterocycles. The van der Waals surface area contributed by atoms with Crippen LogP contribution in [-0.2, 0) is 10.0 Å². The number of rotatable bonds is 9. The van der Waals surface area contributed by atoms with Crippen molar-refractivity contribution in [3.63, 3.8) is 0 Å². The van der Waals surface area contributed by atoms with Crippen LogP contribution in [0.2, 0.25) is 5.02 Å². The van der Waals surface area contributed by atoms with Crippen LogP contribution >= 0.6 is 11.6 Å². The summed E-state index contributed by atoms with van der Waals surface area (Å²) in [5.41, 5.74) is 0.941. The largest absolute Gasteiger partial charge is 0.479 e. The maximum Gasteiger partial charge on any atom is 0.245 e. The molecule has 1 aliphatic carbocycles. The van der Waals surface area contributed by atoms with Gasteiger partial charge < -0.3 is 9.47 Å². The molecule has 3 aromatic heterocycles. The van der Waals surface area contributed by atoms with Gasteiger partial charge in [-0.25, -0.2) is 8.42 Å². The quantitative estimate of drug-likeness (QED) is 0.462. The summed E-state index contributed by atoms with van der Waals surface area (Å²) in [5, 5.41) is 8.14. The topological polar surface area (TPSA) is 134 Å². The summed E-state index contributed by atoms with van der Waals surface area (Å²) in [4.78, 5) is 12.6. The van der Waals surface area contributed by atoms with Crippen molar-refractivity contribution in [1.29, 1.82) is 0 Å². The maximum absolute atomic E-state index is 13.4. The van der Waals surface area contributed by atoms with Crippen molar-refractivity contribution in [2.24, 2.45) is 0 Å². The van der Waals surface area contributed by atoms with Crippen LogP contribution in [0.5, 0.6) is 11.8 Å². The summed E-state index contributed by atoms with van der Waals surface area (Å²) in [6.45, 7) is 3.41. The first-order valence-corrected chi connectivity index (χ1v) is 12.7. The molecule has 1 fully saturated rings. The van der Waals surface area contributed by atoms with Gasteiger partial charge >= 0.3 is 0 Å². The Kier molecular flexibility index (Phi) is 6.89. The molecule has 11 nitrogen and oxygen atoms in total. The number of nitrogens with one attached hydrogen (secondary N) is 1. The molecular formula is C21H26ClN7O4S. The Morgan fingerprint density at radius 3 is 2.29 bits per heavy atom. The lowest BCUT2D eigenvalue weighted by molar-refractivity contribution is 0.362. The van der Waals surface area contributed by atoms with Crippen molar-refractivity contribution >= 4 is 27.6 Å². The normalized spacial score (nSPS) is 15.9. The third-order valence-corrected chi connectivity index (χ3v) is 8.25. The zero-order valence-corrected chi connectivity index (χ0v) is 20.8.